The third-order valence-electron chi connectivity index (χ3n) is 4.65. The van der Waals surface area contributed by atoms with E-state index in [1.54, 1.807) is 12.4 Å². The van der Waals surface area contributed by atoms with E-state index in [0.717, 1.165) is 21.3 Å². The Morgan fingerprint density at radius 2 is 1.84 bits per heavy atom. The molecule has 1 amide bonds. The van der Waals surface area contributed by atoms with Crippen LogP contribution < -0.4 is 5.32 Å². The molecular formula is C23H20BrN5OS. The van der Waals surface area contributed by atoms with Crippen molar-refractivity contribution in [3.63, 3.8) is 0 Å². The highest BCUT2D eigenvalue weighted by molar-refractivity contribution is 9.10. The molecule has 2 aromatic carbocycles. The predicted octanol–water partition coefficient (Wildman–Crippen LogP) is 5.06. The molecule has 4 aromatic rings. The lowest BCUT2D eigenvalue weighted by Crippen LogP contribution is -2.28. The largest absolute Gasteiger partial charge is 0.349 e. The van der Waals surface area contributed by atoms with Crippen molar-refractivity contribution in [1.82, 2.24) is 25.1 Å². The first-order valence-electron chi connectivity index (χ1n) is 9.70. The second-order valence-corrected chi connectivity index (χ2v) is 8.71. The molecule has 4 rings (SSSR count). The zero-order chi connectivity index (χ0) is 21.6. The standard InChI is InChI=1S/C23H20BrN5OS/c1-16(17-9-11-19(24)12-10-17)26-21(30)15-31-23-28-27-22(18-6-5-13-25-14-18)29(23)20-7-3-2-4-8-20/h2-14,16H,15H2,1H3,(H,26,30). The molecule has 1 N–H and O–H groups in total. The van der Waals surface area contributed by atoms with E-state index in [9.17, 15) is 4.79 Å². The maximum Gasteiger partial charge on any atom is 0.230 e. The molecule has 0 saturated heterocycles. The average molecular weight is 494 g/mol. The van der Waals surface area contributed by atoms with Crippen molar-refractivity contribution in [2.24, 2.45) is 0 Å². The average Bonchev–Trinajstić information content (AvgIpc) is 3.23. The molecule has 0 spiro atoms. The van der Waals surface area contributed by atoms with Gasteiger partial charge in [0, 0.05) is 28.1 Å². The first-order chi connectivity index (χ1) is 15.1. The molecule has 2 heterocycles. The van der Waals surface area contributed by atoms with Gasteiger partial charge in [0.1, 0.15) is 0 Å². The van der Waals surface area contributed by atoms with Crippen molar-refractivity contribution < 1.29 is 4.79 Å². The Kier molecular flexibility index (Phi) is 6.79. The van der Waals surface area contributed by atoms with Crippen LogP contribution in [0.4, 0.5) is 0 Å². The summed E-state index contributed by atoms with van der Waals surface area (Å²) in [5.41, 5.74) is 2.84. The molecule has 1 unspecified atom stereocenters. The molecule has 0 radical (unpaired) electrons. The Morgan fingerprint density at radius 1 is 1.06 bits per heavy atom. The minimum atomic E-state index is -0.0841. The van der Waals surface area contributed by atoms with Crippen molar-refractivity contribution in [1.29, 1.82) is 0 Å². The molecule has 0 aliphatic heterocycles. The van der Waals surface area contributed by atoms with E-state index < -0.39 is 0 Å². The summed E-state index contributed by atoms with van der Waals surface area (Å²) in [6.45, 7) is 1.97. The van der Waals surface area contributed by atoms with Crippen LogP contribution in [0.3, 0.4) is 0 Å². The molecule has 156 valence electrons. The van der Waals surface area contributed by atoms with Crippen LogP contribution in [0.15, 0.2) is 88.8 Å². The number of para-hydroxylation sites is 1. The Labute approximate surface area is 193 Å². The van der Waals surface area contributed by atoms with E-state index >= 15 is 0 Å². The topological polar surface area (TPSA) is 72.7 Å². The highest BCUT2D eigenvalue weighted by atomic mass is 79.9. The number of aromatic nitrogens is 4. The first-order valence-corrected chi connectivity index (χ1v) is 11.5. The summed E-state index contributed by atoms with van der Waals surface area (Å²) in [5, 5.41) is 12.4. The molecule has 2 aromatic heterocycles. The molecular weight excluding hydrogens is 474 g/mol. The third-order valence-corrected chi connectivity index (χ3v) is 6.10. The van der Waals surface area contributed by atoms with Gasteiger partial charge in [-0.3, -0.25) is 14.3 Å². The number of benzene rings is 2. The summed E-state index contributed by atoms with van der Waals surface area (Å²) < 4.78 is 2.96. The Bertz CT molecular complexity index is 1150. The lowest BCUT2D eigenvalue weighted by molar-refractivity contribution is -0.119. The summed E-state index contributed by atoms with van der Waals surface area (Å²) in [6.07, 6.45) is 3.48. The van der Waals surface area contributed by atoms with Gasteiger partial charge in [-0.2, -0.15) is 0 Å². The Hall–Kier alpha value is -2.97. The number of carbonyl (C=O) groups is 1. The summed E-state index contributed by atoms with van der Waals surface area (Å²) in [5.74, 6) is 0.857. The van der Waals surface area contributed by atoms with Gasteiger partial charge < -0.3 is 5.32 Å². The maximum atomic E-state index is 12.6. The van der Waals surface area contributed by atoms with Gasteiger partial charge in [0.05, 0.1) is 11.8 Å². The number of nitrogens with zero attached hydrogens (tertiary/aromatic N) is 4. The van der Waals surface area contributed by atoms with Gasteiger partial charge in [-0.15, -0.1) is 10.2 Å². The summed E-state index contributed by atoms with van der Waals surface area (Å²) in [7, 11) is 0. The molecule has 8 heteroatoms. The summed E-state index contributed by atoms with van der Waals surface area (Å²) in [4.78, 5) is 16.8. The SMILES string of the molecule is CC(NC(=O)CSc1nnc(-c2cccnc2)n1-c1ccccc1)c1ccc(Br)cc1. The Balaban J connectivity index is 1.51. The highest BCUT2D eigenvalue weighted by Crippen LogP contribution is 2.27. The molecule has 6 nitrogen and oxygen atoms in total. The molecule has 31 heavy (non-hydrogen) atoms. The second-order valence-electron chi connectivity index (χ2n) is 6.85. The fraction of sp³-hybridized carbons (Fsp3) is 0.130. The van der Waals surface area contributed by atoms with Crippen LogP contribution in [-0.4, -0.2) is 31.4 Å². The maximum absolute atomic E-state index is 12.6. The van der Waals surface area contributed by atoms with Crippen molar-refractivity contribution in [3.8, 4) is 17.1 Å². The minimum absolute atomic E-state index is 0.0639. The van der Waals surface area contributed by atoms with Crippen molar-refractivity contribution >= 4 is 33.6 Å². The molecule has 0 aliphatic rings. The predicted molar refractivity (Wildman–Crippen MR) is 126 cm³/mol. The zero-order valence-corrected chi connectivity index (χ0v) is 19.2. The third kappa shape index (κ3) is 5.21. The zero-order valence-electron chi connectivity index (χ0n) is 16.8. The molecule has 0 bridgehead atoms. The number of halogens is 1. The van der Waals surface area contributed by atoms with Gasteiger partial charge in [-0.25, -0.2) is 0 Å². The summed E-state index contributed by atoms with van der Waals surface area (Å²) in [6, 6.07) is 21.5. The fourth-order valence-corrected chi connectivity index (χ4v) is 4.13. The monoisotopic (exact) mass is 493 g/mol. The Morgan fingerprint density at radius 3 is 2.55 bits per heavy atom. The van der Waals surface area contributed by atoms with E-state index in [1.807, 2.05) is 78.2 Å². The van der Waals surface area contributed by atoms with Gasteiger partial charge in [0.2, 0.25) is 5.91 Å². The van der Waals surface area contributed by atoms with Crippen LogP contribution >= 0.6 is 27.7 Å². The fourth-order valence-electron chi connectivity index (χ4n) is 3.10. The van der Waals surface area contributed by atoms with Crippen molar-refractivity contribution in [2.45, 2.75) is 18.1 Å². The quantitative estimate of drug-likeness (QED) is 0.364. The molecule has 0 fully saturated rings. The number of rotatable bonds is 7. The van der Waals surface area contributed by atoms with E-state index in [4.69, 9.17) is 0 Å². The van der Waals surface area contributed by atoms with Gasteiger partial charge >= 0.3 is 0 Å². The number of pyridine rings is 1. The normalized spacial score (nSPS) is 11.8. The van der Waals surface area contributed by atoms with Crippen LogP contribution in [0.1, 0.15) is 18.5 Å². The first kappa shape index (κ1) is 21.3. The van der Waals surface area contributed by atoms with Gasteiger partial charge in [-0.05, 0) is 48.9 Å². The number of hydrogen-bond acceptors (Lipinski definition) is 5. The van der Waals surface area contributed by atoms with Crippen LogP contribution in [-0.2, 0) is 4.79 Å². The van der Waals surface area contributed by atoms with Gasteiger partial charge in [0.15, 0.2) is 11.0 Å². The minimum Gasteiger partial charge on any atom is -0.349 e. The molecule has 0 aliphatic carbocycles. The van der Waals surface area contributed by atoms with Crippen molar-refractivity contribution in [3.05, 3.63) is 89.2 Å². The van der Waals surface area contributed by atoms with Gasteiger partial charge in [-0.1, -0.05) is 58.0 Å². The van der Waals surface area contributed by atoms with E-state index in [-0.39, 0.29) is 17.7 Å². The van der Waals surface area contributed by atoms with Gasteiger partial charge in [0.25, 0.3) is 0 Å². The number of nitrogens with one attached hydrogen (secondary N) is 1. The summed E-state index contributed by atoms with van der Waals surface area (Å²) >= 11 is 4.79. The number of carbonyl (C=O) groups excluding carboxylic acids is 1. The number of amides is 1. The smallest absolute Gasteiger partial charge is 0.230 e. The highest BCUT2D eigenvalue weighted by Gasteiger charge is 2.18. The molecule has 0 saturated carbocycles. The number of thioether (sulfide) groups is 1. The van der Waals surface area contributed by atoms with Crippen LogP contribution in [0, 0.1) is 0 Å². The second kappa shape index (κ2) is 9.89. The van der Waals surface area contributed by atoms with E-state index in [1.165, 1.54) is 11.8 Å². The van der Waals surface area contributed by atoms with Crippen LogP contribution in [0.5, 0.6) is 0 Å². The number of hydrogen-bond donors (Lipinski definition) is 1. The van der Waals surface area contributed by atoms with Crippen molar-refractivity contribution in [2.75, 3.05) is 5.75 Å². The van der Waals surface area contributed by atoms with E-state index in [0.29, 0.717) is 11.0 Å². The lowest BCUT2D eigenvalue weighted by Gasteiger charge is -2.14. The van der Waals surface area contributed by atoms with Crippen LogP contribution in [0.25, 0.3) is 17.1 Å². The van der Waals surface area contributed by atoms with Crippen LogP contribution in [0.2, 0.25) is 0 Å². The molecule has 1 atom stereocenters. The van der Waals surface area contributed by atoms with E-state index in [2.05, 4.69) is 36.4 Å². The lowest BCUT2D eigenvalue weighted by atomic mass is 10.1.